The van der Waals surface area contributed by atoms with Crippen LogP contribution in [-0.4, -0.2) is 25.3 Å². The van der Waals surface area contributed by atoms with Gasteiger partial charge in [-0.1, -0.05) is 26.7 Å². The number of hydrogen-bond donors (Lipinski definition) is 1. The molecule has 1 rings (SSSR count). The second-order valence-electron chi connectivity index (χ2n) is 6.03. The standard InChI is InChI=1S/C15H31NO/c1-5-17-13(4)11-16-15-8-6-7-14(10-15)9-12(2)3/h12-16H,5-11H2,1-4H3. The molecule has 1 aliphatic rings. The van der Waals surface area contributed by atoms with Gasteiger partial charge in [0, 0.05) is 19.2 Å². The molecule has 2 nitrogen and oxygen atoms in total. The quantitative estimate of drug-likeness (QED) is 0.735. The van der Waals surface area contributed by atoms with E-state index in [1.165, 1.54) is 32.1 Å². The highest BCUT2D eigenvalue weighted by Gasteiger charge is 2.22. The van der Waals surface area contributed by atoms with Crippen LogP contribution in [-0.2, 0) is 4.74 Å². The van der Waals surface area contributed by atoms with Crippen molar-refractivity contribution in [2.24, 2.45) is 11.8 Å². The molecular formula is C15H31NO. The van der Waals surface area contributed by atoms with Crippen LogP contribution in [0.2, 0.25) is 0 Å². The Morgan fingerprint density at radius 1 is 1.24 bits per heavy atom. The van der Waals surface area contributed by atoms with E-state index in [4.69, 9.17) is 4.74 Å². The van der Waals surface area contributed by atoms with E-state index < -0.39 is 0 Å². The maximum absolute atomic E-state index is 5.56. The van der Waals surface area contributed by atoms with Crippen LogP contribution < -0.4 is 5.32 Å². The maximum atomic E-state index is 5.56. The normalized spacial score (nSPS) is 27.4. The Hall–Kier alpha value is -0.0800. The smallest absolute Gasteiger partial charge is 0.0671 e. The second kappa shape index (κ2) is 8.10. The molecule has 2 heteroatoms. The van der Waals surface area contributed by atoms with Gasteiger partial charge in [-0.2, -0.15) is 0 Å². The van der Waals surface area contributed by atoms with Gasteiger partial charge in [-0.15, -0.1) is 0 Å². The van der Waals surface area contributed by atoms with Crippen molar-refractivity contribution in [1.29, 1.82) is 0 Å². The van der Waals surface area contributed by atoms with Gasteiger partial charge in [-0.25, -0.2) is 0 Å². The fourth-order valence-electron chi connectivity index (χ4n) is 3.03. The average molecular weight is 241 g/mol. The number of nitrogens with one attached hydrogen (secondary N) is 1. The minimum atomic E-state index is 0.352. The van der Waals surface area contributed by atoms with Crippen LogP contribution in [0.15, 0.2) is 0 Å². The molecule has 1 fully saturated rings. The molecule has 102 valence electrons. The van der Waals surface area contributed by atoms with E-state index >= 15 is 0 Å². The summed E-state index contributed by atoms with van der Waals surface area (Å²) in [4.78, 5) is 0. The third kappa shape index (κ3) is 6.42. The Labute approximate surface area is 108 Å². The van der Waals surface area contributed by atoms with Crippen LogP contribution in [0, 0.1) is 11.8 Å². The molecule has 1 aliphatic carbocycles. The fourth-order valence-corrected chi connectivity index (χ4v) is 3.03. The summed E-state index contributed by atoms with van der Waals surface area (Å²) >= 11 is 0. The molecule has 3 unspecified atom stereocenters. The molecule has 0 heterocycles. The van der Waals surface area contributed by atoms with Gasteiger partial charge in [0.2, 0.25) is 0 Å². The lowest BCUT2D eigenvalue weighted by atomic mass is 9.81. The van der Waals surface area contributed by atoms with Gasteiger partial charge in [0.15, 0.2) is 0 Å². The van der Waals surface area contributed by atoms with Crippen LogP contribution in [0.4, 0.5) is 0 Å². The first-order valence-corrected chi connectivity index (χ1v) is 7.46. The topological polar surface area (TPSA) is 21.3 Å². The Kier molecular flexibility index (Phi) is 7.14. The first kappa shape index (κ1) is 15.0. The highest BCUT2D eigenvalue weighted by Crippen LogP contribution is 2.29. The second-order valence-corrected chi connectivity index (χ2v) is 6.03. The summed E-state index contributed by atoms with van der Waals surface area (Å²) in [5, 5.41) is 3.68. The summed E-state index contributed by atoms with van der Waals surface area (Å²) in [7, 11) is 0. The number of rotatable bonds is 7. The highest BCUT2D eigenvalue weighted by atomic mass is 16.5. The monoisotopic (exact) mass is 241 g/mol. The van der Waals surface area contributed by atoms with Crippen LogP contribution in [0.1, 0.15) is 59.8 Å². The maximum Gasteiger partial charge on any atom is 0.0671 e. The third-order valence-electron chi connectivity index (χ3n) is 3.73. The molecule has 0 radical (unpaired) electrons. The first-order chi connectivity index (χ1) is 8.11. The van der Waals surface area contributed by atoms with Crippen LogP contribution >= 0.6 is 0 Å². The van der Waals surface area contributed by atoms with Crippen molar-refractivity contribution in [3.63, 3.8) is 0 Å². The molecule has 0 spiro atoms. The molecule has 3 atom stereocenters. The van der Waals surface area contributed by atoms with E-state index in [1.54, 1.807) is 0 Å². The van der Waals surface area contributed by atoms with Gasteiger partial charge in [0.25, 0.3) is 0 Å². The molecule has 1 N–H and O–H groups in total. The molecule has 0 aromatic carbocycles. The molecule has 0 saturated heterocycles. The van der Waals surface area contributed by atoms with Crippen LogP contribution in [0.25, 0.3) is 0 Å². The van der Waals surface area contributed by atoms with Crippen molar-refractivity contribution in [2.75, 3.05) is 13.2 Å². The number of hydrogen-bond acceptors (Lipinski definition) is 2. The fraction of sp³-hybridized carbons (Fsp3) is 1.00. The van der Waals surface area contributed by atoms with E-state index in [0.29, 0.717) is 6.10 Å². The summed E-state index contributed by atoms with van der Waals surface area (Å²) in [5.41, 5.74) is 0. The first-order valence-electron chi connectivity index (χ1n) is 7.46. The predicted molar refractivity (Wildman–Crippen MR) is 74.3 cm³/mol. The lowest BCUT2D eigenvalue weighted by Gasteiger charge is -2.31. The van der Waals surface area contributed by atoms with E-state index in [1.807, 2.05) is 0 Å². The molecule has 17 heavy (non-hydrogen) atoms. The zero-order chi connectivity index (χ0) is 12.7. The summed E-state index contributed by atoms with van der Waals surface area (Å²) in [6, 6.07) is 0.732. The van der Waals surface area contributed by atoms with Gasteiger partial charge in [0.05, 0.1) is 6.10 Å². The molecular weight excluding hydrogens is 210 g/mol. The Balaban J connectivity index is 2.20. The summed E-state index contributed by atoms with van der Waals surface area (Å²) in [6.07, 6.45) is 7.32. The van der Waals surface area contributed by atoms with Gasteiger partial charge >= 0.3 is 0 Å². The zero-order valence-corrected chi connectivity index (χ0v) is 12.2. The van der Waals surface area contributed by atoms with Gasteiger partial charge in [-0.05, 0) is 44.9 Å². The number of ether oxygens (including phenoxy) is 1. The SMILES string of the molecule is CCOC(C)CNC1CCCC(CC(C)C)C1. The minimum Gasteiger partial charge on any atom is -0.377 e. The predicted octanol–water partition coefficient (Wildman–Crippen LogP) is 3.61. The molecule has 0 aliphatic heterocycles. The molecule has 1 saturated carbocycles. The zero-order valence-electron chi connectivity index (χ0n) is 12.2. The van der Waals surface area contributed by atoms with Gasteiger partial charge in [0.1, 0.15) is 0 Å². The Morgan fingerprint density at radius 3 is 2.65 bits per heavy atom. The summed E-state index contributed by atoms with van der Waals surface area (Å²) < 4.78 is 5.56. The van der Waals surface area contributed by atoms with E-state index in [-0.39, 0.29) is 0 Å². The molecule has 0 amide bonds. The summed E-state index contributed by atoms with van der Waals surface area (Å²) in [5.74, 6) is 1.80. The molecule has 0 aromatic rings. The minimum absolute atomic E-state index is 0.352. The lowest BCUT2D eigenvalue weighted by molar-refractivity contribution is 0.0714. The van der Waals surface area contributed by atoms with E-state index in [0.717, 1.165) is 31.0 Å². The average Bonchev–Trinajstić information content (AvgIpc) is 2.26. The summed E-state index contributed by atoms with van der Waals surface area (Å²) in [6.45, 7) is 10.7. The van der Waals surface area contributed by atoms with E-state index in [2.05, 4.69) is 33.0 Å². The van der Waals surface area contributed by atoms with Crippen LogP contribution in [0.5, 0.6) is 0 Å². The Bertz CT molecular complexity index is 193. The van der Waals surface area contributed by atoms with Crippen molar-refractivity contribution in [3.05, 3.63) is 0 Å². The van der Waals surface area contributed by atoms with Crippen molar-refractivity contribution in [2.45, 2.75) is 71.9 Å². The van der Waals surface area contributed by atoms with Crippen molar-refractivity contribution >= 4 is 0 Å². The van der Waals surface area contributed by atoms with Crippen LogP contribution in [0.3, 0.4) is 0 Å². The van der Waals surface area contributed by atoms with Gasteiger partial charge < -0.3 is 10.1 Å². The van der Waals surface area contributed by atoms with E-state index in [9.17, 15) is 0 Å². The largest absolute Gasteiger partial charge is 0.377 e. The highest BCUT2D eigenvalue weighted by molar-refractivity contribution is 4.79. The van der Waals surface area contributed by atoms with Crippen molar-refractivity contribution in [3.8, 4) is 0 Å². The lowest BCUT2D eigenvalue weighted by Crippen LogP contribution is -2.39. The van der Waals surface area contributed by atoms with Gasteiger partial charge in [-0.3, -0.25) is 0 Å². The Morgan fingerprint density at radius 2 is 2.00 bits per heavy atom. The molecule has 0 bridgehead atoms. The van der Waals surface area contributed by atoms with Crippen molar-refractivity contribution in [1.82, 2.24) is 5.32 Å². The third-order valence-corrected chi connectivity index (χ3v) is 3.73. The molecule has 0 aromatic heterocycles. The van der Waals surface area contributed by atoms with Crippen molar-refractivity contribution < 1.29 is 4.74 Å².